The summed E-state index contributed by atoms with van der Waals surface area (Å²) in [6.07, 6.45) is 2.50. The minimum absolute atomic E-state index is 0.0648. The summed E-state index contributed by atoms with van der Waals surface area (Å²) in [4.78, 5) is 24.8. The van der Waals surface area contributed by atoms with Crippen LogP contribution in [0.3, 0.4) is 0 Å². The average molecular weight is 589 g/mol. The van der Waals surface area contributed by atoms with Crippen LogP contribution in [0.4, 0.5) is 0 Å². The fourth-order valence-corrected chi connectivity index (χ4v) is 4.06. The molecule has 2 aromatic carbocycles. The number of Topliss-reactive ketones (excluding diaryl/α,β-unsaturated/α-hetero) is 2. The van der Waals surface area contributed by atoms with Crippen molar-refractivity contribution in [2.75, 3.05) is 79.3 Å². The number of carbonyl (C=O) groups excluding carboxylic acids is 2. The maximum atomic E-state index is 12.4. The summed E-state index contributed by atoms with van der Waals surface area (Å²) < 4.78 is 46.1. The fraction of sp³-hybridized carbons (Fsp3) is 0.562. The van der Waals surface area contributed by atoms with Crippen LogP contribution in [0.2, 0.25) is 0 Å². The molecule has 0 unspecified atom stereocenters. The van der Waals surface area contributed by atoms with Crippen molar-refractivity contribution in [1.82, 2.24) is 0 Å². The molecule has 42 heavy (non-hydrogen) atoms. The van der Waals surface area contributed by atoms with Crippen LogP contribution in [0.25, 0.3) is 0 Å². The quantitative estimate of drug-likeness (QED) is 0.430. The molecule has 1 aliphatic rings. The van der Waals surface area contributed by atoms with E-state index >= 15 is 0 Å². The molecule has 0 saturated heterocycles. The van der Waals surface area contributed by atoms with E-state index in [-0.39, 0.29) is 24.8 Å². The van der Waals surface area contributed by atoms with Crippen molar-refractivity contribution < 1.29 is 47.5 Å². The number of hydrogen-bond donors (Lipinski definition) is 0. The van der Waals surface area contributed by atoms with Gasteiger partial charge in [0.25, 0.3) is 0 Å². The van der Waals surface area contributed by atoms with Crippen molar-refractivity contribution in [2.24, 2.45) is 0 Å². The molecule has 232 valence electrons. The lowest BCUT2D eigenvalue weighted by Crippen LogP contribution is -2.16. The van der Waals surface area contributed by atoms with E-state index < -0.39 is 0 Å². The highest BCUT2D eigenvalue weighted by molar-refractivity contribution is 5.97. The Hall–Kier alpha value is -3.18. The first-order chi connectivity index (χ1) is 20.6. The molecule has 1 heterocycles. The average Bonchev–Trinajstić information content (AvgIpc) is 2.99. The van der Waals surface area contributed by atoms with Crippen molar-refractivity contribution >= 4 is 11.6 Å². The van der Waals surface area contributed by atoms with E-state index in [2.05, 4.69) is 0 Å². The fourth-order valence-electron chi connectivity index (χ4n) is 4.06. The summed E-state index contributed by atoms with van der Waals surface area (Å²) in [5, 5.41) is 0. The van der Waals surface area contributed by atoms with Crippen LogP contribution in [0.1, 0.15) is 60.2 Å². The molecule has 0 aromatic heterocycles. The SMILES string of the molecule is CCCC(=O)c1ccc2c(c1)OCCOCCOCCOc1ccc(C(=O)CCC)cc1OCCOCCOCCO2. The summed E-state index contributed by atoms with van der Waals surface area (Å²) in [5.74, 6) is 2.20. The first-order valence-corrected chi connectivity index (χ1v) is 14.8. The molecule has 0 fully saturated rings. The summed E-state index contributed by atoms with van der Waals surface area (Å²) in [6, 6.07) is 10.5. The molecule has 0 aliphatic carbocycles. The first-order valence-electron chi connectivity index (χ1n) is 14.8. The van der Waals surface area contributed by atoms with Gasteiger partial charge in [0.15, 0.2) is 34.6 Å². The predicted octanol–water partition coefficient (Wildman–Crippen LogP) is 4.95. The Bertz CT molecular complexity index is 1000. The largest absolute Gasteiger partial charge is 0.487 e. The van der Waals surface area contributed by atoms with Crippen molar-refractivity contribution in [3.8, 4) is 23.0 Å². The monoisotopic (exact) mass is 588 g/mol. The lowest BCUT2D eigenvalue weighted by atomic mass is 10.1. The summed E-state index contributed by atoms with van der Waals surface area (Å²) in [6.45, 7) is 8.13. The molecular weight excluding hydrogens is 544 g/mol. The van der Waals surface area contributed by atoms with E-state index in [1.54, 1.807) is 36.4 Å². The Kier molecular flexibility index (Phi) is 15.8. The lowest BCUT2D eigenvalue weighted by Gasteiger charge is -2.15. The highest BCUT2D eigenvalue weighted by Gasteiger charge is 2.13. The normalized spacial score (nSPS) is 16.6. The van der Waals surface area contributed by atoms with Crippen LogP contribution in [-0.4, -0.2) is 90.8 Å². The van der Waals surface area contributed by atoms with Gasteiger partial charge in [-0.15, -0.1) is 0 Å². The first kappa shape index (κ1) is 33.3. The zero-order valence-electron chi connectivity index (χ0n) is 24.9. The molecule has 0 radical (unpaired) electrons. The van der Waals surface area contributed by atoms with Crippen molar-refractivity contribution in [2.45, 2.75) is 39.5 Å². The van der Waals surface area contributed by atoms with E-state index in [4.69, 9.17) is 37.9 Å². The van der Waals surface area contributed by atoms with Gasteiger partial charge in [0.05, 0.1) is 52.9 Å². The second kappa shape index (κ2) is 19.9. The Balaban J connectivity index is 1.55. The third kappa shape index (κ3) is 12.0. The minimum atomic E-state index is 0.0648. The second-order valence-corrected chi connectivity index (χ2v) is 9.51. The van der Waals surface area contributed by atoms with Gasteiger partial charge in [0, 0.05) is 24.0 Å². The zero-order valence-corrected chi connectivity index (χ0v) is 24.9. The van der Waals surface area contributed by atoms with Crippen molar-refractivity contribution in [1.29, 1.82) is 0 Å². The van der Waals surface area contributed by atoms with E-state index in [0.29, 0.717) is 113 Å². The van der Waals surface area contributed by atoms with Crippen LogP contribution in [-0.2, 0) is 18.9 Å². The molecule has 1 aliphatic heterocycles. The molecule has 0 bridgehead atoms. The summed E-state index contributed by atoms with van der Waals surface area (Å²) in [5.41, 5.74) is 1.18. The number of benzene rings is 2. The molecule has 10 nitrogen and oxygen atoms in total. The third-order valence-corrected chi connectivity index (χ3v) is 6.17. The lowest BCUT2D eigenvalue weighted by molar-refractivity contribution is 0.0223. The van der Waals surface area contributed by atoms with Gasteiger partial charge in [-0.2, -0.15) is 0 Å². The number of hydrogen-bond acceptors (Lipinski definition) is 10. The van der Waals surface area contributed by atoms with Gasteiger partial charge in [0.1, 0.15) is 26.4 Å². The van der Waals surface area contributed by atoms with E-state index in [0.717, 1.165) is 12.8 Å². The molecule has 0 spiro atoms. The Morgan fingerprint density at radius 3 is 1.12 bits per heavy atom. The van der Waals surface area contributed by atoms with E-state index in [1.165, 1.54) is 0 Å². The van der Waals surface area contributed by atoms with E-state index in [9.17, 15) is 9.59 Å². The molecule has 0 N–H and O–H groups in total. The number of rotatable bonds is 6. The summed E-state index contributed by atoms with van der Waals surface area (Å²) >= 11 is 0. The minimum Gasteiger partial charge on any atom is -0.487 e. The number of fused-ring (bicyclic) bond motifs is 2. The molecule has 10 heteroatoms. The Morgan fingerprint density at radius 1 is 0.476 bits per heavy atom. The third-order valence-electron chi connectivity index (χ3n) is 6.17. The maximum absolute atomic E-state index is 12.4. The van der Waals surface area contributed by atoms with Crippen LogP contribution in [0.5, 0.6) is 23.0 Å². The Morgan fingerprint density at radius 2 is 0.786 bits per heavy atom. The number of carbonyl (C=O) groups is 2. The van der Waals surface area contributed by atoms with E-state index in [1.807, 2.05) is 13.8 Å². The van der Waals surface area contributed by atoms with Gasteiger partial charge < -0.3 is 37.9 Å². The Labute approximate surface area is 248 Å². The van der Waals surface area contributed by atoms with Crippen LogP contribution < -0.4 is 18.9 Å². The summed E-state index contributed by atoms with van der Waals surface area (Å²) in [7, 11) is 0. The standard InChI is InChI=1S/C32H44O10/c1-3-5-27(33)25-7-9-29-31(23-25)41-21-17-37-13-11-36-16-20-40-30-10-8-26(28(34)6-4-2)24-32(30)42-22-18-38-14-12-35-15-19-39-29/h7-10,23-24H,3-6,11-22H2,1-2H3. The highest BCUT2D eigenvalue weighted by atomic mass is 16.6. The van der Waals surface area contributed by atoms with Crippen LogP contribution in [0.15, 0.2) is 36.4 Å². The topological polar surface area (TPSA) is 108 Å². The molecule has 3 rings (SSSR count). The van der Waals surface area contributed by atoms with Crippen molar-refractivity contribution in [3.63, 3.8) is 0 Å². The second-order valence-electron chi connectivity index (χ2n) is 9.51. The van der Waals surface area contributed by atoms with Gasteiger partial charge in [-0.3, -0.25) is 9.59 Å². The smallest absolute Gasteiger partial charge is 0.163 e. The van der Waals surface area contributed by atoms with Crippen LogP contribution in [0, 0.1) is 0 Å². The van der Waals surface area contributed by atoms with Crippen LogP contribution >= 0.6 is 0 Å². The molecule has 0 saturated carbocycles. The van der Waals surface area contributed by atoms with Gasteiger partial charge in [-0.25, -0.2) is 0 Å². The molecule has 0 amide bonds. The molecule has 0 atom stereocenters. The molecular formula is C32H44O10. The number of ether oxygens (including phenoxy) is 8. The molecule has 2 aromatic rings. The predicted molar refractivity (Wildman–Crippen MR) is 157 cm³/mol. The van der Waals surface area contributed by atoms with Gasteiger partial charge in [0.2, 0.25) is 0 Å². The zero-order chi connectivity index (χ0) is 29.8. The number of ketones is 2. The highest BCUT2D eigenvalue weighted by Crippen LogP contribution is 2.30. The van der Waals surface area contributed by atoms with Crippen molar-refractivity contribution in [3.05, 3.63) is 47.5 Å². The van der Waals surface area contributed by atoms with Gasteiger partial charge in [-0.05, 0) is 49.2 Å². The van der Waals surface area contributed by atoms with Gasteiger partial charge >= 0.3 is 0 Å². The van der Waals surface area contributed by atoms with Gasteiger partial charge in [-0.1, -0.05) is 13.8 Å². The maximum Gasteiger partial charge on any atom is 0.163 e.